The first-order valence-corrected chi connectivity index (χ1v) is 6.14. The van der Waals surface area contributed by atoms with Gasteiger partial charge in [0.05, 0.1) is 5.41 Å². The molecule has 2 heterocycles. The first-order valence-electron chi connectivity index (χ1n) is 6.14. The van der Waals surface area contributed by atoms with Crippen LogP contribution in [0.2, 0.25) is 0 Å². The van der Waals surface area contributed by atoms with Crippen LogP contribution in [-0.4, -0.2) is 12.1 Å². The maximum Gasteiger partial charge on any atom is 0.312 e. The van der Waals surface area contributed by atoms with E-state index >= 15 is 0 Å². The summed E-state index contributed by atoms with van der Waals surface area (Å²) in [6.07, 6.45) is 4.50. The Morgan fingerprint density at radius 1 is 1.33 bits per heavy atom. The average molecular weight is 208 g/mol. The second-order valence-corrected chi connectivity index (χ2v) is 6.61. The molecule has 0 aromatic heterocycles. The van der Waals surface area contributed by atoms with E-state index in [-0.39, 0.29) is 17.5 Å². The monoisotopic (exact) mass is 208 g/mol. The predicted octanol–water partition coefficient (Wildman–Crippen LogP) is 2.76. The van der Waals surface area contributed by atoms with E-state index in [2.05, 4.69) is 20.8 Å². The second-order valence-electron chi connectivity index (χ2n) is 6.61. The summed E-state index contributed by atoms with van der Waals surface area (Å²) in [6, 6.07) is 0. The molecule has 2 heteroatoms. The van der Waals surface area contributed by atoms with Gasteiger partial charge < -0.3 is 4.74 Å². The molecule has 0 amide bonds. The van der Waals surface area contributed by atoms with Crippen LogP contribution < -0.4 is 0 Å². The van der Waals surface area contributed by atoms with E-state index in [4.69, 9.17) is 4.74 Å². The van der Waals surface area contributed by atoms with Gasteiger partial charge in [0.25, 0.3) is 0 Å². The van der Waals surface area contributed by atoms with Gasteiger partial charge in [-0.2, -0.15) is 0 Å². The Morgan fingerprint density at radius 3 is 2.73 bits per heavy atom. The molecule has 84 valence electrons. The van der Waals surface area contributed by atoms with Gasteiger partial charge in [0.1, 0.15) is 6.10 Å². The van der Waals surface area contributed by atoms with Crippen molar-refractivity contribution in [2.75, 3.05) is 0 Å². The molecule has 2 saturated heterocycles. The molecule has 0 radical (unpaired) electrons. The summed E-state index contributed by atoms with van der Waals surface area (Å²) in [4.78, 5) is 12.0. The lowest BCUT2D eigenvalue weighted by Crippen LogP contribution is -2.48. The predicted molar refractivity (Wildman–Crippen MR) is 57.2 cm³/mol. The lowest BCUT2D eigenvalue weighted by atomic mass is 9.50. The van der Waals surface area contributed by atoms with E-state index in [1.807, 2.05) is 0 Å². The van der Waals surface area contributed by atoms with Crippen LogP contribution in [-0.2, 0) is 9.53 Å². The minimum Gasteiger partial charge on any atom is -0.462 e. The van der Waals surface area contributed by atoms with Crippen molar-refractivity contribution in [2.45, 2.75) is 52.6 Å². The molecule has 2 aliphatic carbocycles. The van der Waals surface area contributed by atoms with E-state index in [1.54, 1.807) is 0 Å². The molecule has 0 aromatic rings. The zero-order valence-corrected chi connectivity index (χ0v) is 9.88. The minimum absolute atomic E-state index is 0.0747. The van der Waals surface area contributed by atoms with Gasteiger partial charge in [0.15, 0.2) is 0 Å². The molecular weight excluding hydrogens is 188 g/mol. The molecule has 5 atom stereocenters. The largest absolute Gasteiger partial charge is 0.462 e. The maximum absolute atomic E-state index is 12.0. The van der Waals surface area contributed by atoms with E-state index in [9.17, 15) is 4.79 Å². The van der Waals surface area contributed by atoms with Crippen LogP contribution in [0.4, 0.5) is 0 Å². The van der Waals surface area contributed by atoms with Crippen molar-refractivity contribution >= 4 is 5.97 Å². The topological polar surface area (TPSA) is 26.3 Å². The van der Waals surface area contributed by atoms with Crippen molar-refractivity contribution in [3.8, 4) is 0 Å². The third kappa shape index (κ3) is 1.14. The second kappa shape index (κ2) is 2.58. The normalized spacial score (nSPS) is 57.8. The highest BCUT2D eigenvalue weighted by Gasteiger charge is 2.59. The number of carbonyl (C=O) groups excluding carboxylic acids is 1. The van der Waals surface area contributed by atoms with Crippen LogP contribution in [0, 0.1) is 22.7 Å². The Labute approximate surface area is 91.4 Å². The van der Waals surface area contributed by atoms with Gasteiger partial charge in [0, 0.05) is 0 Å². The molecular formula is C13H20O2. The Kier molecular flexibility index (Phi) is 1.67. The van der Waals surface area contributed by atoms with Gasteiger partial charge >= 0.3 is 5.97 Å². The molecule has 2 aliphatic heterocycles. The standard InChI is InChI=1S/C13H20O2/c1-8-9-4-10-6-12(8,2)7-13(3,5-9)11(14)15-10/h8-10H,4-7H2,1-3H3. The number of esters is 1. The fraction of sp³-hybridized carbons (Fsp3) is 0.923. The smallest absolute Gasteiger partial charge is 0.312 e. The van der Waals surface area contributed by atoms with Gasteiger partial charge in [-0.1, -0.05) is 13.8 Å². The average Bonchev–Trinajstić information content (AvgIpc) is 2.23. The van der Waals surface area contributed by atoms with Crippen LogP contribution >= 0.6 is 0 Å². The van der Waals surface area contributed by atoms with Crippen molar-refractivity contribution in [1.82, 2.24) is 0 Å². The fourth-order valence-electron chi connectivity index (χ4n) is 4.47. The van der Waals surface area contributed by atoms with Crippen molar-refractivity contribution in [2.24, 2.45) is 22.7 Å². The quantitative estimate of drug-likeness (QED) is 0.572. The highest BCUT2D eigenvalue weighted by atomic mass is 16.5. The van der Waals surface area contributed by atoms with E-state index in [0.717, 1.165) is 31.6 Å². The van der Waals surface area contributed by atoms with Crippen LogP contribution in [0.15, 0.2) is 0 Å². The van der Waals surface area contributed by atoms with Gasteiger partial charge in [-0.05, 0) is 49.9 Å². The third-order valence-corrected chi connectivity index (χ3v) is 5.34. The van der Waals surface area contributed by atoms with Crippen molar-refractivity contribution in [3.05, 3.63) is 0 Å². The molecule has 0 spiro atoms. The highest BCUT2D eigenvalue weighted by molar-refractivity contribution is 5.77. The minimum atomic E-state index is -0.183. The SMILES string of the molecule is CC1C2CC3CC1(C)CC(C)(C2)C(=O)O3. The number of carbonyl (C=O) groups is 1. The van der Waals surface area contributed by atoms with Gasteiger partial charge in [-0.15, -0.1) is 0 Å². The van der Waals surface area contributed by atoms with Gasteiger partial charge in [-0.25, -0.2) is 0 Å². The van der Waals surface area contributed by atoms with Crippen LogP contribution in [0.5, 0.6) is 0 Å². The Hall–Kier alpha value is -0.530. The summed E-state index contributed by atoms with van der Waals surface area (Å²) in [7, 11) is 0. The molecule has 2 saturated carbocycles. The number of hydrogen-bond acceptors (Lipinski definition) is 2. The van der Waals surface area contributed by atoms with Gasteiger partial charge in [-0.3, -0.25) is 4.79 Å². The molecule has 0 N–H and O–H groups in total. The first-order chi connectivity index (χ1) is 6.93. The number of ether oxygens (including phenoxy) is 1. The molecule has 15 heavy (non-hydrogen) atoms. The number of hydrogen-bond donors (Lipinski definition) is 0. The molecule has 4 bridgehead atoms. The summed E-state index contributed by atoms with van der Waals surface area (Å²) in [5, 5.41) is 0. The van der Waals surface area contributed by atoms with Crippen molar-refractivity contribution in [3.63, 3.8) is 0 Å². The first kappa shape index (κ1) is 9.68. The Morgan fingerprint density at radius 2 is 2.07 bits per heavy atom. The molecule has 2 nitrogen and oxygen atoms in total. The summed E-state index contributed by atoms with van der Waals surface area (Å²) >= 11 is 0. The Balaban J connectivity index is 2.08. The van der Waals surface area contributed by atoms with Gasteiger partial charge in [0.2, 0.25) is 0 Å². The molecule has 5 unspecified atom stereocenters. The van der Waals surface area contributed by atoms with Crippen LogP contribution in [0.3, 0.4) is 0 Å². The molecule has 4 aliphatic rings. The highest BCUT2D eigenvalue weighted by Crippen LogP contribution is 2.61. The summed E-state index contributed by atoms with van der Waals surface area (Å²) in [6.45, 7) is 6.84. The van der Waals surface area contributed by atoms with Crippen LogP contribution in [0.1, 0.15) is 46.5 Å². The number of fused-ring (bicyclic) bond motifs is 1. The van der Waals surface area contributed by atoms with E-state index in [0.29, 0.717) is 11.3 Å². The number of rotatable bonds is 0. The third-order valence-electron chi connectivity index (χ3n) is 5.34. The Bertz CT molecular complexity index is 324. The van der Waals surface area contributed by atoms with E-state index in [1.165, 1.54) is 0 Å². The lowest BCUT2D eigenvalue weighted by molar-refractivity contribution is -0.157. The van der Waals surface area contributed by atoms with Crippen molar-refractivity contribution < 1.29 is 9.53 Å². The lowest BCUT2D eigenvalue weighted by Gasteiger charge is -2.52. The maximum atomic E-state index is 12.0. The van der Waals surface area contributed by atoms with E-state index < -0.39 is 0 Å². The summed E-state index contributed by atoms with van der Waals surface area (Å²) in [5.41, 5.74) is 0.157. The zero-order valence-electron chi connectivity index (χ0n) is 9.88. The zero-order chi connectivity index (χ0) is 10.8. The summed E-state index contributed by atoms with van der Waals surface area (Å²) in [5.74, 6) is 1.54. The molecule has 0 aromatic carbocycles. The summed E-state index contributed by atoms with van der Waals surface area (Å²) < 4.78 is 5.61. The molecule has 4 rings (SSSR count). The van der Waals surface area contributed by atoms with Crippen molar-refractivity contribution in [1.29, 1.82) is 0 Å². The van der Waals surface area contributed by atoms with Crippen LogP contribution in [0.25, 0.3) is 0 Å². The fourth-order valence-corrected chi connectivity index (χ4v) is 4.47. The molecule has 4 fully saturated rings.